The van der Waals surface area contributed by atoms with Crippen molar-refractivity contribution in [3.05, 3.63) is 0 Å². The summed E-state index contributed by atoms with van der Waals surface area (Å²) in [5.74, 6) is 1.06. The molecule has 0 heterocycles. The van der Waals surface area contributed by atoms with Crippen molar-refractivity contribution in [3.63, 3.8) is 0 Å². The van der Waals surface area contributed by atoms with Crippen molar-refractivity contribution in [2.24, 2.45) is 11.8 Å². The highest BCUT2D eigenvalue weighted by atomic mass is 79.9. The van der Waals surface area contributed by atoms with Gasteiger partial charge in [0.2, 0.25) is 0 Å². The molecule has 1 rings (SSSR count). The van der Waals surface area contributed by atoms with Gasteiger partial charge >= 0.3 is 11.9 Å². The average molecular weight is 442 g/mol. The van der Waals surface area contributed by atoms with Gasteiger partial charge in [0.1, 0.15) is 9.65 Å². The molecule has 0 aliphatic heterocycles. The number of ether oxygens (including phenoxy) is 2. The average Bonchev–Trinajstić information content (AvgIpc) is 2.56. The fourth-order valence-corrected chi connectivity index (χ4v) is 3.97. The van der Waals surface area contributed by atoms with Crippen LogP contribution in [0.2, 0.25) is 0 Å². The van der Waals surface area contributed by atoms with Crippen molar-refractivity contribution in [2.75, 3.05) is 14.2 Å². The molecule has 0 radical (unpaired) electrons. The summed E-state index contributed by atoms with van der Waals surface area (Å²) in [4.78, 5) is 22.4. The van der Waals surface area contributed by atoms with Crippen LogP contribution in [0.1, 0.15) is 51.4 Å². The maximum atomic E-state index is 11.4. The van der Waals surface area contributed by atoms with E-state index in [0.29, 0.717) is 11.8 Å². The lowest BCUT2D eigenvalue weighted by Gasteiger charge is -2.29. The maximum Gasteiger partial charge on any atom is 0.319 e. The molecule has 2 atom stereocenters. The Morgan fingerprint density at radius 3 is 1.45 bits per heavy atom. The van der Waals surface area contributed by atoms with Gasteiger partial charge in [0, 0.05) is 0 Å². The van der Waals surface area contributed by atoms with E-state index < -0.39 is 0 Å². The first-order chi connectivity index (χ1) is 10.5. The molecular formula is C16H26Br2O4. The maximum absolute atomic E-state index is 11.4. The highest BCUT2D eigenvalue weighted by Gasteiger charge is 2.25. The normalized spacial score (nSPS) is 24.4. The quantitative estimate of drug-likeness (QED) is 0.417. The number of hydrogen-bond acceptors (Lipinski definition) is 4. The first-order valence-electron chi connectivity index (χ1n) is 7.91. The van der Waals surface area contributed by atoms with Crippen LogP contribution in [-0.4, -0.2) is 35.8 Å². The Labute approximate surface area is 149 Å². The van der Waals surface area contributed by atoms with Crippen molar-refractivity contribution < 1.29 is 19.1 Å². The second-order valence-corrected chi connectivity index (χ2v) is 8.23. The number of rotatable bonds is 8. The van der Waals surface area contributed by atoms with Crippen LogP contribution in [0.3, 0.4) is 0 Å². The van der Waals surface area contributed by atoms with E-state index in [2.05, 4.69) is 31.9 Å². The fraction of sp³-hybridized carbons (Fsp3) is 0.875. The lowest BCUT2D eigenvalue weighted by Crippen LogP contribution is -2.21. The van der Waals surface area contributed by atoms with Crippen molar-refractivity contribution in [1.82, 2.24) is 0 Å². The van der Waals surface area contributed by atoms with Gasteiger partial charge in [-0.3, -0.25) is 9.59 Å². The Balaban J connectivity index is 2.18. The molecule has 0 amide bonds. The summed E-state index contributed by atoms with van der Waals surface area (Å²) in [5.41, 5.74) is 0. The Morgan fingerprint density at radius 1 is 0.864 bits per heavy atom. The van der Waals surface area contributed by atoms with Crippen LogP contribution >= 0.6 is 31.9 Å². The highest BCUT2D eigenvalue weighted by Crippen LogP contribution is 2.35. The molecule has 0 bridgehead atoms. The molecule has 0 aromatic rings. The summed E-state index contributed by atoms with van der Waals surface area (Å²) in [6.45, 7) is 0. The largest absolute Gasteiger partial charge is 0.468 e. The van der Waals surface area contributed by atoms with E-state index in [1.54, 1.807) is 0 Å². The van der Waals surface area contributed by atoms with Crippen LogP contribution in [0.15, 0.2) is 0 Å². The molecule has 2 unspecified atom stereocenters. The van der Waals surface area contributed by atoms with Crippen LogP contribution in [0, 0.1) is 11.8 Å². The number of methoxy groups -OCH3 is 2. The van der Waals surface area contributed by atoms with Crippen molar-refractivity contribution in [3.8, 4) is 0 Å². The van der Waals surface area contributed by atoms with Crippen LogP contribution in [0.4, 0.5) is 0 Å². The summed E-state index contributed by atoms with van der Waals surface area (Å²) in [6, 6.07) is 0. The van der Waals surface area contributed by atoms with E-state index in [4.69, 9.17) is 9.47 Å². The summed E-state index contributed by atoms with van der Waals surface area (Å²) in [6.07, 6.45) is 8.70. The van der Waals surface area contributed by atoms with Gasteiger partial charge in [0.05, 0.1) is 14.2 Å². The molecule has 0 saturated heterocycles. The smallest absolute Gasteiger partial charge is 0.319 e. The van der Waals surface area contributed by atoms with Gasteiger partial charge < -0.3 is 9.47 Å². The Morgan fingerprint density at radius 2 is 1.18 bits per heavy atom. The number of halogens is 2. The molecule has 0 N–H and O–H groups in total. The summed E-state index contributed by atoms with van der Waals surface area (Å²) < 4.78 is 9.45. The minimum absolute atomic E-state index is 0.176. The number of carbonyl (C=O) groups is 2. The number of alkyl halides is 2. The molecule has 0 aromatic heterocycles. The topological polar surface area (TPSA) is 52.6 Å². The zero-order chi connectivity index (χ0) is 16.5. The third-order valence-electron chi connectivity index (χ3n) is 4.54. The molecule has 1 aliphatic rings. The van der Waals surface area contributed by atoms with Gasteiger partial charge in [0.25, 0.3) is 0 Å². The first kappa shape index (κ1) is 19.9. The van der Waals surface area contributed by atoms with Crippen LogP contribution in [0.5, 0.6) is 0 Å². The molecular weight excluding hydrogens is 416 g/mol. The molecule has 1 fully saturated rings. The minimum Gasteiger partial charge on any atom is -0.468 e. The monoisotopic (exact) mass is 440 g/mol. The van der Waals surface area contributed by atoms with E-state index in [1.165, 1.54) is 39.9 Å². The Hall–Kier alpha value is -0.100. The zero-order valence-corrected chi connectivity index (χ0v) is 16.5. The van der Waals surface area contributed by atoms with Gasteiger partial charge in [-0.25, -0.2) is 0 Å². The molecule has 22 heavy (non-hydrogen) atoms. The fourth-order valence-electron chi connectivity index (χ4n) is 3.06. The number of carbonyl (C=O) groups excluding carboxylic acids is 2. The predicted molar refractivity (Wildman–Crippen MR) is 93.4 cm³/mol. The lowest BCUT2D eigenvalue weighted by atomic mass is 9.78. The SMILES string of the molecule is COC(=O)C(Br)CCC1CCC(CCC(Br)C(=O)OC)CC1. The van der Waals surface area contributed by atoms with Crippen LogP contribution in [-0.2, 0) is 19.1 Å². The van der Waals surface area contributed by atoms with E-state index in [-0.39, 0.29) is 21.6 Å². The zero-order valence-electron chi connectivity index (χ0n) is 13.4. The third-order valence-corrected chi connectivity index (χ3v) is 6.20. The lowest BCUT2D eigenvalue weighted by molar-refractivity contribution is -0.140. The van der Waals surface area contributed by atoms with Gasteiger partial charge in [-0.1, -0.05) is 57.5 Å². The van der Waals surface area contributed by atoms with E-state index in [9.17, 15) is 9.59 Å². The Kier molecular flexibility index (Phi) is 9.64. The van der Waals surface area contributed by atoms with E-state index in [0.717, 1.165) is 25.7 Å². The van der Waals surface area contributed by atoms with Gasteiger partial charge in [-0.05, 0) is 37.5 Å². The van der Waals surface area contributed by atoms with Crippen molar-refractivity contribution in [1.29, 1.82) is 0 Å². The minimum atomic E-state index is -0.181. The Bertz CT molecular complexity index is 320. The van der Waals surface area contributed by atoms with Crippen LogP contribution < -0.4 is 0 Å². The third kappa shape index (κ3) is 6.99. The predicted octanol–water partition coefficient (Wildman–Crippen LogP) is 4.23. The summed E-state index contributed by atoms with van der Waals surface area (Å²) >= 11 is 6.76. The van der Waals surface area contributed by atoms with E-state index >= 15 is 0 Å². The number of hydrogen-bond donors (Lipinski definition) is 0. The molecule has 4 nitrogen and oxygen atoms in total. The molecule has 1 aliphatic carbocycles. The second-order valence-electron chi connectivity index (χ2n) is 6.02. The van der Waals surface area contributed by atoms with Gasteiger partial charge in [-0.2, -0.15) is 0 Å². The molecule has 6 heteroatoms. The standard InChI is InChI=1S/C16H26Br2O4/c1-21-15(19)13(17)9-7-11-3-5-12(6-4-11)8-10-14(18)16(20)22-2/h11-14H,3-10H2,1-2H3. The van der Waals surface area contributed by atoms with Crippen LogP contribution in [0.25, 0.3) is 0 Å². The van der Waals surface area contributed by atoms with E-state index in [1.807, 2.05) is 0 Å². The van der Waals surface area contributed by atoms with Crippen molar-refractivity contribution in [2.45, 2.75) is 61.0 Å². The molecule has 0 spiro atoms. The van der Waals surface area contributed by atoms with Crippen molar-refractivity contribution >= 4 is 43.8 Å². The van der Waals surface area contributed by atoms with Gasteiger partial charge in [-0.15, -0.1) is 0 Å². The summed E-state index contributed by atoms with van der Waals surface area (Å²) in [5, 5.41) is 0. The first-order valence-corrected chi connectivity index (χ1v) is 9.74. The number of esters is 2. The highest BCUT2D eigenvalue weighted by molar-refractivity contribution is 9.10. The molecule has 1 saturated carbocycles. The van der Waals surface area contributed by atoms with Gasteiger partial charge in [0.15, 0.2) is 0 Å². The second kappa shape index (κ2) is 10.6. The summed E-state index contributed by atoms with van der Waals surface area (Å²) in [7, 11) is 2.85. The molecule has 0 aromatic carbocycles. The molecule has 128 valence electrons.